The minimum atomic E-state index is -0.457. The number of piperidine rings is 1. The maximum Gasteiger partial charge on any atom is 0.198 e. The average molecular weight is 357 g/mol. The standard InChI is InChI=1S/C19H17F2N3O2/c20-16-9-13(1-2-15(16)11-22-25)14-3-4-18-17(10-14)23-19(26-18)12-5-7-24(21)8-6-12/h1-4,9-10,12H,5-8,11H2. The van der Waals surface area contributed by atoms with Crippen LogP contribution in [0.25, 0.3) is 22.2 Å². The molecular formula is C19H17F2N3O2. The van der Waals surface area contributed by atoms with Crippen molar-refractivity contribution < 1.29 is 13.3 Å². The number of aromatic nitrogens is 1. The Morgan fingerprint density at radius 1 is 1.15 bits per heavy atom. The number of nitrogens with zero attached hydrogens (tertiary/aromatic N) is 3. The first-order chi connectivity index (χ1) is 12.6. The molecule has 5 nitrogen and oxygen atoms in total. The van der Waals surface area contributed by atoms with Gasteiger partial charge in [-0.1, -0.05) is 23.4 Å². The second-order valence-electron chi connectivity index (χ2n) is 6.51. The highest BCUT2D eigenvalue weighted by atomic mass is 19.2. The molecule has 0 spiro atoms. The van der Waals surface area contributed by atoms with Crippen molar-refractivity contribution in [1.29, 1.82) is 0 Å². The molecule has 0 atom stereocenters. The fourth-order valence-corrected chi connectivity index (χ4v) is 3.32. The molecule has 0 bridgehead atoms. The minimum Gasteiger partial charge on any atom is -0.440 e. The van der Waals surface area contributed by atoms with Crippen molar-refractivity contribution in [2.24, 2.45) is 5.18 Å². The molecule has 4 rings (SSSR count). The van der Waals surface area contributed by atoms with E-state index in [4.69, 9.17) is 4.42 Å². The molecule has 3 aromatic rings. The third kappa shape index (κ3) is 3.22. The van der Waals surface area contributed by atoms with Gasteiger partial charge in [0.25, 0.3) is 0 Å². The molecule has 0 saturated carbocycles. The quantitative estimate of drug-likeness (QED) is 0.489. The van der Waals surface area contributed by atoms with E-state index < -0.39 is 5.82 Å². The molecule has 0 N–H and O–H groups in total. The molecule has 7 heteroatoms. The average Bonchev–Trinajstić information content (AvgIpc) is 3.07. The topological polar surface area (TPSA) is 58.7 Å². The Morgan fingerprint density at radius 2 is 1.88 bits per heavy atom. The predicted octanol–water partition coefficient (Wildman–Crippen LogP) is 4.96. The van der Waals surface area contributed by atoms with Crippen molar-refractivity contribution >= 4 is 11.1 Å². The van der Waals surface area contributed by atoms with E-state index in [2.05, 4.69) is 10.2 Å². The zero-order chi connectivity index (χ0) is 18.1. The third-order valence-corrected chi connectivity index (χ3v) is 4.82. The van der Waals surface area contributed by atoms with Gasteiger partial charge in [0.2, 0.25) is 0 Å². The summed E-state index contributed by atoms with van der Waals surface area (Å²) < 4.78 is 33.0. The number of fused-ring (bicyclic) bond motifs is 1. The lowest BCUT2D eigenvalue weighted by atomic mass is 9.98. The van der Waals surface area contributed by atoms with Gasteiger partial charge in [-0.2, -0.15) is 4.91 Å². The van der Waals surface area contributed by atoms with E-state index >= 15 is 0 Å². The molecule has 1 aliphatic rings. The van der Waals surface area contributed by atoms with Gasteiger partial charge in [0.05, 0.1) is 0 Å². The molecule has 2 aromatic carbocycles. The molecule has 0 unspecified atom stereocenters. The van der Waals surface area contributed by atoms with Crippen LogP contribution in [0.5, 0.6) is 0 Å². The van der Waals surface area contributed by atoms with Crippen LogP contribution >= 0.6 is 0 Å². The van der Waals surface area contributed by atoms with Crippen LogP contribution < -0.4 is 0 Å². The number of hydrogen-bond donors (Lipinski definition) is 0. The van der Waals surface area contributed by atoms with E-state index in [-0.39, 0.29) is 18.0 Å². The number of oxazole rings is 1. The van der Waals surface area contributed by atoms with Crippen LogP contribution in [0, 0.1) is 10.7 Å². The summed E-state index contributed by atoms with van der Waals surface area (Å²) >= 11 is 0. The second-order valence-corrected chi connectivity index (χ2v) is 6.51. The number of halogens is 2. The first kappa shape index (κ1) is 16.8. The lowest BCUT2D eigenvalue weighted by molar-refractivity contribution is -0.00144. The van der Waals surface area contributed by atoms with Crippen molar-refractivity contribution in [3.05, 3.63) is 58.6 Å². The highest BCUT2D eigenvalue weighted by Crippen LogP contribution is 2.32. The van der Waals surface area contributed by atoms with Gasteiger partial charge in [0, 0.05) is 24.6 Å². The Hall–Kier alpha value is -2.67. The van der Waals surface area contributed by atoms with E-state index in [9.17, 15) is 13.8 Å². The normalized spacial score (nSPS) is 16.2. The maximum atomic E-state index is 14.0. The fourth-order valence-electron chi connectivity index (χ4n) is 3.32. The predicted molar refractivity (Wildman–Crippen MR) is 93.6 cm³/mol. The lowest BCUT2D eigenvalue weighted by Crippen LogP contribution is -2.26. The summed E-state index contributed by atoms with van der Waals surface area (Å²) in [5.41, 5.74) is 3.12. The molecular weight excluding hydrogens is 340 g/mol. The van der Waals surface area contributed by atoms with Crippen molar-refractivity contribution in [3.63, 3.8) is 0 Å². The van der Waals surface area contributed by atoms with Crippen LogP contribution in [0.1, 0.15) is 30.2 Å². The minimum absolute atomic E-state index is 0.116. The zero-order valence-corrected chi connectivity index (χ0v) is 14.0. The van der Waals surface area contributed by atoms with Crippen LogP contribution in [-0.4, -0.2) is 23.2 Å². The number of nitroso groups, excluding NO2 is 1. The summed E-state index contributed by atoms with van der Waals surface area (Å²) in [5.74, 6) is 0.287. The summed E-state index contributed by atoms with van der Waals surface area (Å²) in [6.07, 6.45) is 1.35. The van der Waals surface area contributed by atoms with Crippen molar-refractivity contribution in [1.82, 2.24) is 10.1 Å². The first-order valence-corrected chi connectivity index (χ1v) is 8.53. The molecule has 1 aromatic heterocycles. The Balaban J connectivity index is 1.63. The molecule has 134 valence electrons. The molecule has 0 radical (unpaired) electrons. The van der Waals surface area contributed by atoms with E-state index in [0.717, 1.165) is 10.7 Å². The summed E-state index contributed by atoms with van der Waals surface area (Å²) in [4.78, 5) is 14.9. The van der Waals surface area contributed by atoms with Gasteiger partial charge in [0.15, 0.2) is 11.5 Å². The van der Waals surface area contributed by atoms with Gasteiger partial charge >= 0.3 is 0 Å². The van der Waals surface area contributed by atoms with E-state index in [1.165, 1.54) is 6.07 Å². The fraction of sp³-hybridized carbons (Fsp3) is 0.316. The van der Waals surface area contributed by atoms with Crippen LogP contribution in [0.4, 0.5) is 8.87 Å². The number of rotatable bonds is 4. The van der Waals surface area contributed by atoms with Crippen LogP contribution in [0.2, 0.25) is 0 Å². The maximum absolute atomic E-state index is 14.0. The highest BCUT2D eigenvalue weighted by molar-refractivity contribution is 5.80. The summed E-state index contributed by atoms with van der Waals surface area (Å²) in [6, 6.07) is 10.2. The largest absolute Gasteiger partial charge is 0.440 e. The molecule has 0 aliphatic carbocycles. The number of hydrogen-bond acceptors (Lipinski definition) is 5. The van der Waals surface area contributed by atoms with Crippen LogP contribution in [0.15, 0.2) is 46.0 Å². The lowest BCUT2D eigenvalue weighted by Gasteiger charge is -2.23. The Kier molecular flexibility index (Phi) is 4.46. The van der Waals surface area contributed by atoms with Gasteiger partial charge in [-0.15, -0.1) is 9.60 Å². The van der Waals surface area contributed by atoms with E-state index in [0.29, 0.717) is 48.5 Å². The SMILES string of the molecule is O=NCc1ccc(-c2ccc3oc(C4CCN(F)CC4)nc3c2)cc1F. The second kappa shape index (κ2) is 6.92. The molecule has 0 amide bonds. The Labute approximate surface area is 148 Å². The smallest absolute Gasteiger partial charge is 0.198 e. The molecule has 2 heterocycles. The Bertz CT molecular complexity index is 949. The highest BCUT2D eigenvalue weighted by Gasteiger charge is 2.24. The van der Waals surface area contributed by atoms with E-state index in [1.54, 1.807) is 12.1 Å². The van der Waals surface area contributed by atoms with Crippen molar-refractivity contribution in [2.75, 3.05) is 13.1 Å². The number of benzene rings is 2. The molecule has 26 heavy (non-hydrogen) atoms. The van der Waals surface area contributed by atoms with Gasteiger partial charge in [-0.3, -0.25) is 0 Å². The van der Waals surface area contributed by atoms with Crippen LogP contribution in [0.3, 0.4) is 0 Å². The summed E-state index contributed by atoms with van der Waals surface area (Å²) in [5, 5.41) is 3.54. The zero-order valence-electron chi connectivity index (χ0n) is 14.0. The third-order valence-electron chi connectivity index (χ3n) is 4.82. The summed E-state index contributed by atoms with van der Waals surface area (Å²) in [7, 11) is 0. The first-order valence-electron chi connectivity index (χ1n) is 8.53. The monoisotopic (exact) mass is 357 g/mol. The molecule has 1 aliphatic heterocycles. The van der Waals surface area contributed by atoms with Gasteiger partial charge in [-0.05, 0) is 42.2 Å². The molecule has 1 fully saturated rings. The molecule has 1 saturated heterocycles. The van der Waals surface area contributed by atoms with Gasteiger partial charge < -0.3 is 4.42 Å². The van der Waals surface area contributed by atoms with Gasteiger partial charge in [-0.25, -0.2) is 9.37 Å². The summed E-state index contributed by atoms with van der Waals surface area (Å²) in [6.45, 7) is 0.585. The Morgan fingerprint density at radius 3 is 2.62 bits per heavy atom. The van der Waals surface area contributed by atoms with Crippen molar-refractivity contribution in [2.45, 2.75) is 25.3 Å². The van der Waals surface area contributed by atoms with Gasteiger partial charge in [0.1, 0.15) is 17.9 Å². The van der Waals surface area contributed by atoms with Crippen LogP contribution in [-0.2, 0) is 6.54 Å². The van der Waals surface area contributed by atoms with Crippen molar-refractivity contribution in [3.8, 4) is 11.1 Å². The van der Waals surface area contributed by atoms with E-state index in [1.807, 2.05) is 18.2 Å².